The van der Waals surface area contributed by atoms with E-state index in [9.17, 15) is 4.79 Å². The van der Waals surface area contributed by atoms with Crippen LogP contribution in [0.1, 0.15) is 32.1 Å². The molecule has 0 aromatic rings. The summed E-state index contributed by atoms with van der Waals surface area (Å²) in [6, 6.07) is 0.716. The molecule has 0 amide bonds. The van der Waals surface area contributed by atoms with Crippen molar-refractivity contribution in [2.24, 2.45) is 0 Å². The van der Waals surface area contributed by atoms with Gasteiger partial charge in [0.1, 0.15) is 0 Å². The number of carbonyl (C=O) groups is 1. The van der Waals surface area contributed by atoms with Crippen LogP contribution in [0.3, 0.4) is 0 Å². The minimum Gasteiger partial charge on any atom is -0.481 e. The van der Waals surface area contributed by atoms with Gasteiger partial charge in [0.05, 0.1) is 13.0 Å². The van der Waals surface area contributed by atoms with Gasteiger partial charge in [-0.05, 0) is 39.3 Å². The molecule has 1 aliphatic rings. The number of nitrogens with zero attached hydrogens (tertiary/aromatic N) is 1. The van der Waals surface area contributed by atoms with Crippen molar-refractivity contribution in [2.45, 2.75) is 38.1 Å². The Kier molecular flexibility index (Phi) is 5.65. The third-order valence-electron chi connectivity index (χ3n) is 2.96. The van der Waals surface area contributed by atoms with Crippen molar-refractivity contribution in [3.05, 3.63) is 0 Å². The Hall–Kier alpha value is -0.610. The van der Waals surface area contributed by atoms with E-state index >= 15 is 0 Å². The normalized spacial score (nSPS) is 22.1. The molecule has 1 rings (SSSR count). The lowest BCUT2D eigenvalue weighted by atomic mass is 10.1. The lowest BCUT2D eigenvalue weighted by Gasteiger charge is -2.18. The lowest BCUT2D eigenvalue weighted by Crippen LogP contribution is -2.24. The zero-order chi connectivity index (χ0) is 11.1. The predicted molar refractivity (Wildman–Crippen MR) is 58.0 cm³/mol. The molecule has 1 heterocycles. The summed E-state index contributed by atoms with van der Waals surface area (Å²) in [5, 5.41) is 8.39. The van der Waals surface area contributed by atoms with Gasteiger partial charge < -0.3 is 14.7 Å². The smallest absolute Gasteiger partial charge is 0.305 e. The van der Waals surface area contributed by atoms with Crippen LogP contribution in [0.5, 0.6) is 0 Å². The summed E-state index contributed by atoms with van der Waals surface area (Å²) in [7, 11) is 2.17. The number of aliphatic carboxylic acids is 1. The lowest BCUT2D eigenvalue weighted by molar-refractivity contribution is -0.138. The first-order chi connectivity index (χ1) is 7.20. The quantitative estimate of drug-likeness (QED) is 0.651. The minimum absolute atomic E-state index is 0.114. The summed E-state index contributed by atoms with van der Waals surface area (Å²) in [5.41, 5.74) is 0. The van der Waals surface area contributed by atoms with Crippen molar-refractivity contribution in [2.75, 3.05) is 26.8 Å². The molecule has 4 heteroatoms. The fourth-order valence-electron chi connectivity index (χ4n) is 2.03. The molecule has 0 aliphatic carbocycles. The van der Waals surface area contributed by atoms with Gasteiger partial charge in [0.25, 0.3) is 0 Å². The molecule has 0 spiro atoms. The summed E-state index contributed by atoms with van der Waals surface area (Å²) in [6.45, 7) is 2.25. The maximum atomic E-state index is 10.2. The van der Waals surface area contributed by atoms with Gasteiger partial charge in [-0.25, -0.2) is 0 Å². The molecular weight excluding hydrogens is 194 g/mol. The number of rotatable bonds is 7. The van der Waals surface area contributed by atoms with E-state index in [-0.39, 0.29) is 6.42 Å². The fourth-order valence-corrected chi connectivity index (χ4v) is 2.03. The van der Waals surface area contributed by atoms with Gasteiger partial charge in [0.15, 0.2) is 0 Å². The van der Waals surface area contributed by atoms with E-state index in [1.165, 1.54) is 25.8 Å². The molecule has 0 saturated carbocycles. The van der Waals surface area contributed by atoms with Gasteiger partial charge >= 0.3 is 5.97 Å². The molecule has 1 fully saturated rings. The summed E-state index contributed by atoms with van der Waals surface area (Å²) < 4.78 is 5.24. The van der Waals surface area contributed by atoms with Crippen LogP contribution in [0, 0.1) is 0 Å². The van der Waals surface area contributed by atoms with Gasteiger partial charge in [0, 0.05) is 12.6 Å². The average molecular weight is 215 g/mol. The summed E-state index contributed by atoms with van der Waals surface area (Å²) in [4.78, 5) is 12.6. The Balaban J connectivity index is 1.90. The van der Waals surface area contributed by atoms with Crippen LogP contribution < -0.4 is 0 Å². The third kappa shape index (κ3) is 5.14. The molecule has 1 atom stereocenters. The largest absolute Gasteiger partial charge is 0.481 e. The molecule has 0 bridgehead atoms. The minimum atomic E-state index is -0.787. The molecule has 0 unspecified atom stereocenters. The third-order valence-corrected chi connectivity index (χ3v) is 2.96. The zero-order valence-corrected chi connectivity index (χ0v) is 9.45. The van der Waals surface area contributed by atoms with Crippen molar-refractivity contribution in [1.29, 1.82) is 0 Å². The van der Waals surface area contributed by atoms with Crippen molar-refractivity contribution in [1.82, 2.24) is 4.90 Å². The molecule has 1 aliphatic heterocycles. The van der Waals surface area contributed by atoms with E-state index in [0.29, 0.717) is 19.3 Å². The highest BCUT2D eigenvalue weighted by Gasteiger charge is 2.19. The molecule has 15 heavy (non-hydrogen) atoms. The van der Waals surface area contributed by atoms with Crippen molar-refractivity contribution in [3.63, 3.8) is 0 Å². The molecule has 1 saturated heterocycles. The van der Waals surface area contributed by atoms with E-state index in [1.54, 1.807) is 0 Å². The van der Waals surface area contributed by atoms with E-state index in [1.807, 2.05) is 0 Å². The summed E-state index contributed by atoms with van der Waals surface area (Å²) in [5.74, 6) is -0.787. The Morgan fingerprint density at radius 2 is 2.33 bits per heavy atom. The molecule has 4 nitrogen and oxygen atoms in total. The topological polar surface area (TPSA) is 49.8 Å². The van der Waals surface area contributed by atoms with Crippen molar-refractivity contribution < 1.29 is 14.6 Å². The van der Waals surface area contributed by atoms with Gasteiger partial charge in [-0.15, -0.1) is 0 Å². The van der Waals surface area contributed by atoms with Crippen LogP contribution in [0.4, 0.5) is 0 Å². The molecule has 0 aromatic heterocycles. The highest BCUT2D eigenvalue weighted by Crippen LogP contribution is 2.18. The monoisotopic (exact) mass is 215 g/mol. The number of carboxylic acid groups (broad SMARTS) is 1. The second-order valence-electron chi connectivity index (χ2n) is 4.17. The van der Waals surface area contributed by atoms with Crippen LogP contribution in [-0.2, 0) is 9.53 Å². The number of hydrogen-bond donors (Lipinski definition) is 1. The molecule has 1 N–H and O–H groups in total. The Morgan fingerprint density at radius 3 is 2.93 bits per heavy atom. The highest BCUT2D eigenvalue weighted by atomic mass is 16.5. The predicted octanol–water partition coefficient (Wildman–Crippen LogP) is 1.35. The van der Waals surface area contributed by atoms with E-state index in [0.717, 1.165) is 6.42 Å². The van der Waals surface area contributed by atoms with E-state index < -0.39 is 5.97 Å². The SMILES string of the molecule is CN1CCC[C@H]1CCCOCCC(=O)O. The highest BCUT2D eigenvalue weighted by molar-refractivity contribution is 5.66. The number of likely N-dealkylation sites (tertiary alicyclic amines) is 1. The van der Waals surface area contributed by atoms with Gasteiger partial charge in [-0.1, -0.05) is 0 Å². The summed E-state index contributed by atoms with van der Waals surface area (Å²) in [6.07, 6.45) is 4.92. The van der Waals surface area contributed by atoms with Gasteiger partial charge in [-0.3, -0.25) is 4.79 Å². The molecule has 88 valence electrons. The van der Waals surface area contributed by atoms with Crippen LogP contribution in [0.2, 0.25) is 0 Å². The first kappa shape index (κ1) is 12.5. The number of carboxylic acids is 1. The number of ether oxygens (including phenoxy) is 1. The fraction of sp³-hybridized carbons (Fsp3) is 0.909. The van der Waals surface area contributed by atoms with Crippen molar-refractivity contribution >= 4 is 5.97 Å². The standard InChI is InChI=1S/C11H21NO3/c1-12-7-2-4-10(12)5-3-8-15-9-6-11(13)14/h10H,2-9H2,1H3,(H,13,14)/t10-/m0/s1. The number of hydrogen-bond acceptors (Lipinski definition) is 3. The maximum absolute atomic E-state index is 10.2. The second-order valence-corrected chi connectivity index (χ2v) is 4.17. The average Bonchev–Trinajstić information content (AvgIpc) is 2.57. The summed E-state index contributed by atoms with van der Waals surface area (Å²) >= 11 is 0. The van der Waals surface area contributed by atoms with Crippen LogP contribution in [0.15, 0.2) is 0 Å². The molecular formula is C11H21NO3. The molecule has 0 aromatic carbocycles. The maximum Gasteiger partial charge on any atom is 0.305 e. The molecule has 0 radical (unpaired) electrons. The van der Waals surface area contributed by atoms with Crippen LogP contribution in [0.25, 0.3) is 0 Å². The van der Waals surface area contributed by atoms with E-state index in [2.05, 4.69) is 11.9 Å². The van der Waals surface area contributed by atoms with Crippen molar-refractivity contribution in [3.8, 4) is 0 Å². The van der Waals surface area contributed by atoms with Crippen LogP contribution in [-0.4, -0.2) is 48.8 Å². The van der Waals surface area contributed by atoms with E-state index in [4.69, 9.17) is 9.84 Å². The Morgan fingerprint density at radius 1 is 1.53 bits per heavy atom. The second kappa shape index (κ2) is 6.80. The Labute approximate surface area is 91.2 Å². The Bertz CT molecular complexity index is 196. The van der Waals surface area contributed by atoms with Gasteiger partial charge in [0.2, 0.25) is 0 Å². The van der Waals surface area contributed by atoms with Gasteiger partial charge in [-0.2, -0.15) is 0 Å². The first-order valence-corrected chi connectivity index (χ1v) is 5.70. The zero-order valence-electron chi connectivity index (χ0n) is 9.45. The van der Waals surface area contributed by atoms with Crippen LogP contribution >= 0.6 is 0 Å². The first-order valence-electron chi connectivity index (χ1n) is 5.70.